The number of cyclic esters (lactones) is 2. The third-order valence-electron chi connectivity index (χ3n) is 3.66. The van der Waals surface area contributed by atoms with Gasteiger partial charge in [-0.15, -0.1) is 0 Å². The molecule has 1 fully saturated rings. The second-order valence-corrected chi connectivity index (χ2v) is 6.12. The Morgan fingerprint density at radius 3 is 2.68 bits per heavy atom. The van der Waals surface area contributed by atoms with Gasteiger partial charge in [0.25, 0.3) is 0 Å². The van der Waals surface area contributed by atoms with Crippen LogP contribution in [0.4, 0.5) is 9.18 Å². The molecule has 0 amide bonds. The van der Waals surface area contributed by atoms with Crippen molar-refractivity contribution in [2.45, 2.75) is 18.3 Å². The lowest BCUT2D eigenvalue weighted by Gasteiger charge is -2.11. The van der Waals surface area contributed by atoms with Crippen LogP contribution >= 0.6 is 0 Å². The molecule has 1 aliphatic heterocycles. The lowest BCUT2D eigenvalue weighted by molar-refractivity contribution is -0.143. The molecule has 3 atom stereocenters. The molecule has 2 N–H and O–H groups in total. The highest BCUT2D eigenvalue weighted by Crippen LogP contribution is 2.17. The molecule has 1 saturated heterocycles. The molecule has 1 heterocycles. The molecule has 1 aromatic carbocycles. The number of carbonyl (C=O) groups excluding carboxylic acids is 1. The first kappa shape index (κ1) is 23.7. The monoisotopic (exact) mass is 432 g/mol. The van der Waals surface area contributed by atoms with Crippen molar-refractivity contribution in [2.75, 3.05) is 19.8 Å². The quantitative estimate of drug-likeness (QED) is 0.329. The van der Waals surface area contributed by atoms with E-state index in [-0.39, 0.29) is 19.0 Å². The van der Waals surface area contributed by atoms with Gasteiger partial charge in [-0.05, 0) is 48.6 Å². The summed E-state index contributed by atoms with van der Waals surface area (Å²) in [5.41, 5.74) is 0. The van der Waals surface area contributed by atoms with Crippen LogP contribution in [0.2, 0.25) is 0 Å². The van der Waals surface area contributed by atoms with E-state index in [2.05, 4.69) is 11.8 Å². The zero-order chi connectivity index (χ0) is 22.5. The molecule has 2 rings (SSSR count). The summed E-state index contributed by atoms with van der Waals surface area (Å²) in [6.07, 6.45) is 6.07. The van der Waals surface area contributed by atoms with Crippen molar-refractivity contribution < 1.29 is 43.1 Å². The number of carboxylic acid groups (broad SMARTS) is 1. The lowest BCUT2D eigenvalue weighted by Crippen LogP contribution is -2.27. The van der Waals surface area contributed by atoms with Gasteiger partial charge in [0.2, 0.25) is 0 Å². The van der Waals surface area contributed by atoms with Crippen molar-refractivity contribution >= 4 is 12.1 Å². The van der Waals surface area contributed by atoms with E-state index in [0.717, 1.165) is 0 Å². The maximum absolute atomic E-state index is 12.8. The minimum atomic E-state index is -1.12. The van der Waals surface area contributed by atoms with Crippen LogP contribution in [0.25, 0.3) is 0 Å². The van der Waals surface area contributed by atoms with Crippen molar-refractivity contribution in [2.24, 2.45) is 0 Å². The molecule has 164 valence electrons. The topological polar surface area (TPSA) is 112 Å². The molecule has 0 spiro atoms. The van der Waals surface area contributed by atoms with Crippen molar-refractivity contribution in [3.05, 3.63) is 66.5 Å². The van der Waals surface area contributed by atoms with Crippen LogP contribution in [0, 0.1) is 17.7 Å². The van der Waals surface area contributed by atoms with E-state index in [4.69, 9.17) is 24.1 Å². The molecule has 9 heteroatoms. The zero-order valence-electron chi connectivity index (χ0n) is 16.3. The predicted octanol–water partition coefficient (Wildman–Crippen LogP) is 2.24. The van der Waals surface area contributed by atoms with Crippen molar-refractivity contribution in [1.29, 1.82) is 0 Å². The number of aliphatic carboxylic acids is 1. The van der Waals surface area contributed by atoms with E-state index in [1.54, 1.807) is 18.2 Å². The number of aliphatic hydroxyl groups is 1. The van der Waals surface area contributed by atoms with Gasteiger partial charge in [-0.2, -0.15) is 0 Å². The van der Waals surface area contributed by atoms with Gasteiger partial charge in [0.15, 0.2) is 12.2 Å². The number of benzene rings is 1. The van der Waals surface area contributed by atoms with Gasteiger partial charge in [0, 0.05) is 0 Å². The average Bonchev–Trinajstić information content (AvgIpc) is 3.08. The van der Waals surface area contributed by atoms with Crippen LogP contribution in [-0.2, 0) is 19.0 Å². The Kier molecular flexibility index (Phi) is 9.81. The predicted molar refractivity (Wildman–Crippen MR) is 107 cm³/mol. The maximum Gasteiger partial charge on any atom is 0.509 e. The van der Waals surface area contributed by atoms with Crippen molar-refractivity contribution in [1.82, 2.24) is 0 Å². The summed E-state index contributed by atoms with van der Waals surface area (Å²) < 4.78 is 32.9. The van der Waals surface area contributed by atoms with Gasteiger partial charge in [-0.25, -0.2) is 14.0 Å². The Morgan fingerprint density at radius 1 is 1.19 bits per heavy atom. The smallest absolute Gasteiger partial charge is 0.491 e. The van der Waals surface area contributed by atoms with Gasteiger partial charge in [0.05, 0.1) is 6.61 Å². The number of halogens is 1. The molecule has 8 nitrogen and oxygen atoms in total. The fourth-order valence-corrected chi connectivity index (χ4v) is 2.26. The van der Waals surface area contributed by atoms with Gasteiger partial charge in [-0.3, -0.25) is 0 Å². The number of hydrogen-bond donors (Lipinski definition) is 2. The molecule has 0 aromatic heterocycles. The maximum atomic E-state index is 12.8. The molecule has 0 radical (unpaired) electrons. The molecule has 0 saturated carbocycles. The first-order chi connectivity index (χ1) is 14.9. The normalized spacial score (nSPS) is 19.2. The third kappa shape index (κ3) is 9.62. The summed E-state index contributed by atoms with van der Waals surface area (Å²) in [4.78, 5) is 21.7. The number of allylic oxidation sites excluding steroid dienone is 4. The summed E-state index contributed by atoms with van der Waals surface area (Å²) in [6, 6.07) is 5.46. The van der Waals surface area contributed by atoms with E-state index in [9.17, 15) is 19.1 Å². The zero-order valence-corrected chi connectivity index (χ0v) is 16.3. The first-order valence-electron chi connectivity index (χ1n) is 9.18. The van der Waals surface area contributed by atoms with E-state index in [1.807, 2.05) is 0 Å². The Morgan fingerprint density at radius 2 is 1.94 bits per heavy atom. The highest BCUT2D eigenvalue weighted by molar-refractivity contribution is 5.68. The minimum Gasteiger partial charge on any atom is -0.491 e. The Labute approximate surface area is 178 Å². The van der Waals surface area contributed by atoms with Crippen LogP contribution in [0.1, 0.15) is 0 Å². The van der Waals surface area contributed by atoms with E-state index >= 15 is 0 Å². The SMILES string of the molecule is O=C(O)COCC1OC(=O)OC1C=CC=CC#CC=CC(O)COc1ccc(F)cc1. The Bertz CT molecular complexity index is 879. The molecular weight excluding hydrogens is 411 g/mol. The van der Waals surface area contributed by atoms with Crippen LogP contribution in [0.5, 0.6) is 5.75 Å². The summed E-state index contributed by atoms with van der Waals surface area (Å²) in [5, 5.41) is 18.3. The second-order valence-electron chi connectivity index (χ2n) is 6.12. The Balaban J connectivity index is 1.70. The number of rotatable bonds is 10. The van der Waals surface area contributed by atoms with E-state index < -0.39 is 37.0 Å². The fraction of sp³-hybridized carbons (Fsp3) is 0.273. The number of carbonyl (C=O) groups is 2. The third-order valence-corrected chi connectivity index (χ3v) is 3.66. The van der Waals surface area contributed by atoms with Crippen LogP contribution in [0.3, 0.4) is 0 Å². The van der Waals surface area contributed by atoms with E-state index in [1.165, 1.54) is 42.5 Å². The summed E-state index contributed by atoms with van der Waals surface area (Å²) in [5.74, 6) is 4.38. The summed E-state index contributed by atoms with van der Waals surface area (Å²) >= 11 is 0. The first-order valence-corrected chi connectivity index (χ1v) is 9.18. The average molecular weight is 432 g/mol. The van der Waals surface area contributed by atoms with Crippen molar-refractivity contribution in [3.63, 3.8) is 0 Å². The second kappa shape index (κ2) is 12.8. The molecule has 31 heavy (non-hydrogen) atoms. The van der Waals surface area contributed by atoms with Gasteiger partial charge >= 0.3 is 12.1 Å². The summed E-state index contributed by atoms with van der Waals surface area (Å²) in [7, 11) is 0. The highest BCUT2D eigenvalue weighted by Gasteiger charge is 2.34. The van der Waals surface area contributed by atoms with Gasteiger partial charge < -0.3 is 29.2 Å². The van der Waals surface area contributed by atoms with Gasteiger partial charge in [0.1, 0.15) is 30.9 Å². The fourth-order valence-electron chi connectivity index (χ4n) is 2.26. The molecular formula is C22H21FO8. The molecule has 1 aliphatic rings. The minimum absolute atomic E-state index is 0.00190. The highest BCUT2D eigenvalue weighted by atomic mass is 19.1. The van der Waals surface area contributed by atoms with Crippen LogP contribution in [-0.4, -0.2) is 60.5 Å². The standard InChI is InChI=1S/C22H21FO8/c23-16-9-11-18(12-10-16)29-13-17(24)7-5-3-1-2-4-6-8-19-20(31-22(27)30-19)14-28-15-21(25)26/h2,4-12,17,19-20,24H,13-15H2,(H,25,26). The molecule has 0 aliphatic carbocycles. The van der Waals surface area contributed by atoms with E-state index in [0.29, 0.717) is 5.75 Å². The Hall–Kier alpha value is -3.61. The number of ether oxygens (including phenoxy) is 4. The van der Waals surface area contributed by atoms with Crippen LogP contribution < -0.4 is 4.74 Å². The largest absolute Gasteiger partial charge is 0.509 e. The molecule has 3 unspecified atom stereocenters. The molecule has 1 aromatic rings. The number of carboxylic acids is 1. The number of hydrogen-bond acceptors (Lipinski definition) is 7. The van der Waals surface area contributed by atoms with Crippen molar-refractivity contribution in [3.8, 4) is 17.6 Å². The summed E-state index contributed by atoms with van der Waals surface area (Å²) in [6.45, 7) is -0.600. The van der Waals surface area contributed by atoms with Crippen LogP contribution in [0.15, 0.2) is 60.7 Å². The molecule has 0 bridgehead atoms. The van der Waals surface area contributed by atoms with Gasteiger partial charge in [-0.1, -0.05) is 24.0 Å². The number of aliphatic hydroxyl groups excluding tert-OH is 1. The lowest BCUT2D eigenvalue weighted by atomic mass is 10.2.